The van der Waals surface area contributed by atoms with Gasteiger partial charge in [0.1, 0.15) is 12.7 Å². The summed E-state index contributed by atoms with van der Waals surface area (Å²) in [6.07, 6.45) is 38.3. The minimum atomic E-state index is -4.63. The molecule has 1 unspecified atom stereocenters. The van der Waals surface area contributed by atoms with Gasteiger partial charge in [-0.05, 0) is 44.9 Å². The van der Waals surface area contributed by atoms with Crippen molar-refractivity contribution in [2.45, 2.75) is 193 Å². The minimum Gasteiger partial charge on any atom is -0.462 e. The summed E-state index contributed by atoms with van der Waals surface area (Å²) < 4.78 is 32.6. The Morgan fingerprint density at radius 2 is 1.00 bits per heavy atom. The molecule has 3 atom stereocenters. The fraction of sp³-hybridized carbons (Fsp3) is 0.810. The zero-order valence-corrected chi connectivity index (χ0v) is 34.4. The highest BCUT2D eigenvalue weighted by molar-refractivity contribution is 7.47. The van der Waals surface area contributed by atoms with Gasteiger partial charge in [-0.25, -0.2) is 4.57 Å². The lowest BCUT2D eigenvalue weighted by molar-refractivity contribution is -0.161. The number of aliphatic hydroxyl groups is 2. The highest BCUT2D eigenvalue weighted by Crippen LogP contribution is 2.43. The van der Waals surface area contributed by atoms with Crippen LogP contribution in [0.4, 0.5) is 0 Å². The largest absolute Gasteiger partial charge is 0.472 e. The van der Waals surface area contributed by atoms with Crippen LogP contribution in [0.25, 0.3) is 0 Å². The predicted molar refractivity (Wildman–Crippen MR) is 214 cm³/mol. The summed E-state index contributed by atoms with van der Waals surface area (Å²) in [6, 6.07) is 0. The molecule has 0 heterocycles. The van der Waals surface area contributed by atoms with E-state index in [4.69, 9.17) is 19.1 Å². The molecule has 53 heavy (non-hydrogen) atoms. The molecule has 0 saturated heterocycles. The first-order valence-corrected chi connectivity index (χ1v) is 22.4. The molecular weight excluding hydrogens is 695 g/mol. The number of aliphatic hydroxyl groups excluding tert-OH is 2. The summed E-state index contributed by atoms with van der Waals surface area (Å²) >= 11 is 0. The molecule has 0 radical (unpaired) electrons. The first-order valence-electron chi connectivity index (χ1n) is 20.9. The smallest absolute Gasteiger partial charge is 0.462 e. The van der Waals surface area contributed by atoms with Crippen LogP contribution in [0, 0.1) is 0 Å². The number of esters is 2. The lowest BCUT2D eigenvalue weighted by Gasteiger charge is -2.20. The Balaban J connectivity index is 4.40. The van der Waals surface area contributed by atoms with Crippen molar-refractivity contribution in [1.82, 2.24) is 0 Å². The van der Waals surface area contributed by atoms with Crippen LogP contribution < -0.4 is 0 Å². The van der Waals surface area contributed by atoms with E-state index in [0.717, 1.165) is 38.5 Å². The van der Waals surface area contributed by atoms with Crippen molar-refractivity contribution in [3.05, 3.63) is 36.5 Å². The van der Waals surface area contributed by atoms with Gasteiger partial charge in [-0.15, -0.1) is 0 Å². The molecule has 0 aromatic carbocycles. The van der Waals surface area contributed by atoms with Crippen molar-refractivity contribution in [1.29, 1.82) is 0 Å². The van der Waals surface area contributed by atoms with Gasteiger partial charge in [0.15, 0.2) is 6.10 Å². The molecule has 0 rings (SSSR count). The predicted octanol–water partition coefficient (Wildman–Crippen LogP) is 10.8. The van der Waals surface area contributed by atoms with E-state index >= 15 is 0 Å². The van der Waals surface area contributed by atoms with Crippen molar-refractivity contribution >= 4 is 19.8 Å². The molecule has 0 aliphatic rings. The zero-order chi connectivity index (χ0) is 39.1. The van der Waals surface area contributed by atoms with Gasteiger partial charge in [0.05, 0.1) is 19.8 Å². The summed E-state index contributed by atoms with van der Waals surface area (Å²) in [7, 11) is -4.63. The first-order chi connectivity index (χ1) is 25.7. The number of allylic oxidation sites excluding steroid dienone is 6. The lowest BCUT2D eigenvalue weighted by Crippen LogP contribution is -2.29. The van der Waals surface area contributed by atoms with Gasteiger partial charge < -0.3 is 24.6 Å². The van der Waals surface area contributed by atoms with Gasteiger partial charge in [0.2, 0.25) is 0 Å². The monoisotopic (exact) mass is 773 g/mol. The highest BCUT2D eigenvalue weighted by Gasteiger charge is 2.27. The molecule has 0 amide bonds. The quantitative estimate of drug-likeness (QED) is 0.0238. The number of rotatable bonds is 39. The standard InChI is InChI=1S/C42H77O10P/c1-3-5-7-9-11-13-15-17-18-19-20-22-24-26-28-30-32-34-42(46)52-40(38-51-53(47,48)50-36-39(44)35-43)37-49-41(45)33-31-29-27-25-23-21-16-14-12-10-8-6-4-2/h17-18,20,22,26,28,39-40,43-44H,3-16,19,21,23-25,27,29-38H2,1-2H3,(H,47,48)/b18-17-,22-20-,28-26-/t39-,40+/m0/s1. The van der Waals surface area contributed by atoms with Gasteiger partial charge in [-0.1, -0.05) is 159 Å². The number of phosphoric acid groups is 1. The molecule has 0 saturated carbocycles. The maximum Gasteiger partial charge on any atom is 0.472 e. The molecule has 0 spiro atoms. The highest BCUT2D eigenvalue weighted by atomic mass is 31.2. The van der Waals surface area contributed by atoms with E-state index in [1.54, 1.807) is 0 Å². The Bertz CT molecular complexity index is 983. The average Bonchev–Trinajstić information content (AvgIpc) is 3.14. The van der Waals surface area contributed by atoms with E-state index in [9.17, 15) is 24.2 Å². The van der Waals surface area contributed by atoms with Crippen LogP contribution in [0.1, 0.15) is 181 Å². The molecule has 0 fully saturated rings. The topological polar surface area (TPSA) is 149 Å². The molecule has 0 aromatic rings. The summed E-state index contributed by atoms with van der Waals surface area (Å²) in [5.74, 6) is -0.983. The Morgan fingerprint density at radius 3 is 1.53 bits per heavy atom. The second-order valence-electron chi connectivity index (χ2n) is 14.0. The maximum absolute atomic E-state index is 12.6. The van der Waals surface area contributed by atoms with Crippen molar-refractivity contribution in [3.63, 3.8) is 0 Å². The summed E-state index contributed by atoms with van der Waals surface area (Å²) in [4.78, 5) is 34.9. The van der Waals surface area contributed by atoms with Gasteiger partial charge in [-0.2, -0.15) is 0 Å². The number of carbonyl (C=O) groups excluding carboxylic acids is 2. The number of phosphoric ester groups is 1. The fourth-order valence-electron chi connectivity index (χ4n) is 5.54. The third-order valence-corrected chi connectivity index (χ3v) is 9.75. The normalized spacial score (nSPS) is 14.3. The molecule has 11 heteroatoms. The van der Waals surface area contributed by atoms with Crippen molar-refractivity contribution in [2.24, 2.45) is 0 Å². The second kappa shape index (κ2) is 38.5. The average molecular weight is 773 g/mol. The molecule has 0 aliphatic carbocycles. The Labute approximate surface area is 322 Å². The third kappa shape index (κ3) is 38.3. The van der Waals surface area contributed by atoms with Crippen LogP contribution in [0.15, 0.2) is 36.5 Å². The van der Waals surface area contributed by atoms with E-state index < -0.39 is 51.8 Å². The van der Waals surface area contributed by atoms with Crippen LogP contribution in [0.3, 0.4) is 0 Å². The maximum atomic E-state index is 12.6. The van der Waals surface area contributed by atoms with E-state index in [1.807, 2.05) is 6.08 Å². The summed E-state index contributed by atoms with van der Waals surface area (Å²) in [6.45, 7) is 2.31. The van der Waals surface area contributed by atoms with Gasteiger partial charge >= 0.3 is 19.8 Å². The molecular formula is C42H77O10P. The number of hydrogen-bond donors (Lipinski definition) is 3. The van der Waals surface area contributed by atoms with Gasteiger partial charge in [-0.3, -0.25) is 18.6 Å². The first kappa shape index (κ1) is 51.2. The molecule has 0 bridgehead atoms. The van der Waals surface area contributed by atoms with E-state index in [1.165, 1.54) is 96.3 Å². The Morgan fingerprint density at radius 1 is 0.566 bits per heavy atom. The molecule has 0 aromatic heterocycles. The summed E-state index contributed by atoms with van der Waals surface area (Å²) in [5.41, 5.74) is 0. The zero-order valence-electron chi connectivity index (χ0n) is 33.5. The Hall–Kier alpha value is -1.81. The second-order valence-corrected chi connectivity index (χ2v) is 15.5. The molecule has 10 nitrogen and oxygen atoms in total. The third-order valence-electron chi connectivity index (χ3n) is 8.80. The van der Waals surface area contributed by atoms with Crippen LogP contribution in [0.2, 0.25) is 0 Å². The van der Waals surface area contributed by atoms with E-state index in [2.05, 4.69) is 48.8 Å². The lowest BCUT2D eigenvalue weighted by atomic mass is 10.0. The summed E-state index contributed by atoms with van der Waals surface area (Å²) in [5, 5.41) is 18.3. The van der Waals surface area contributed by atoms with Crippen LogP contribution in [0.5, 0.6) is 0 Å². The number of carbonyl (C=O) groups is 2. The van der Waals surface area contributed by atoms with E-state index in [0.29, 0.717) is 19.3 Å². The number of unbranched alkanes of at least 4 members (excludes halogenated alkanes) is 19. The van der Waals surface area contributed by atoms with Crippen molar-refractivity contribution in [3.8, 4) is 0 Å². The van der Waals surface area contributed by atoms with Crippen molar-refractivity contribution < 1.29 is 47.8 Å². The molecule has 310 valence electrons. The minimum absolute atomic E-state index is 0.114. The van der Waals surface area contributed by atoms with Crippen LogP contribution in [-0.2, 0) is 32.7 Å². The number of hydrogen-bond acceptors (Lipinski definition) is 9. The van der Waals surface area contributed by atoms with Crippen LogP contribution in [-0.4, -0.2) is 65.7 Å². The van der Waals surface area contributed by atoms with E-state index in [-0.39, 0.29) is 19.4 Å². The molecule has 0 aliphatic heterocycles. The van der Waals surface area contributed by atoms with Gasteiger partial charge in [0, 0.05) is 12.8 Å². The van der Waals surface area contributed by atoms with Gasteiger partial charge in [0.25, 0.3) is 0 Å². The Kier molecular flexibility index (Phi) is 37.2. The van der Waals surface area contributed by atoms with Crippen LogP contribution >= 0.6 is 7.82 Å². The fourth-order valence-corrected chi connectivity index (χ4v) is 6.33. The van der Waals surface area contributed by atoms with Crippen molar-refractivity contribution in [2.75, 3.05) is 26.4 Å². The SMILES string of the molecule is CCCCCCCC/C=C\C/C=C\C/C=C\CCCC(=O)O[C@H](COC(=O)CCCCCCCCCCCCCCC)COP(=O)(O)OC[C@@H](O)CO. The molecule has 3 N–H and O–H groups in total. The number of ether oxygens (including phenoxy) is 2.